The fraction of sp³-hybridized carbons (Fsp3) is 0.400. The number of fused-ring (bicyclic) bond motifs is 1. The maximum absolute atomic E-state index is 13.1. The molecule has 2 aliphatic heterocycles. The smallest absolute Gasteiger partial charge is 0.394 e. The molecule has 166 valence electrons. The van der Waals surface area contributed by atoms with Gasteiger partial charge in [0.2, 0.25) is 11.8 Å². The summed E-state index contributed by atoms with van der Waals surface area (Å²) in [6.07, 6.45) is 1.94. The van der Waals surface area contributed by atoms with E-state index in [-0.39, 0.29) is 36.3 Å². The van der Waals surface area contributed by atoms with Crippen molar-refractivity contribution in [2.75, 3.05) is 24.5 Å². The van der Waals surface area contributed by atoms with E-state index in [2.05, 4.69) is 11.9 Å². The summed E-state index contributed by atoms with van der Waals surface area (Å²) in [4.78, 5) is 33.7. The number of aryl methyl sites for hydroxylation is 2. The van der Waals surface area contributed by atoms with E-state index >= 15 is 0 Å². The van der Waals surface area contributed by atoms with Gasteiger partial charge in [0.25, 0.3) is 0 Å². The standard InChI is InChI=1S/C25H27N3O4/c1-16-7-8-19(13-17(16)2)28-15-18(14-23(28)29)24(30)27-11-9-20(10-12-27)31-25-26-21-5-3-4-6-22(21)32-25/h3-8,13,18,20H,9-12,14-15H2,1-2H3/t18-/m1/s1. The largest absolute Gasteiger partial charge is 0.447 e. The number of rotatable bonds is 4. The second kappa shape index (κ2) is 8.30. The Hall–Kier alpha value is -3.35. The molecule has 0 saturated carbocycles. The van der Waals surface area contributed by atoms with Crippen molar-refractivity contribution in [1.82, 2.24) is 9.88 Å². The zero-order valence-corrected chi connectivity index (χ0v) is 18.4. The molecular formula is C25H27N3O4. The predicted octanol–water partition coefficient (Wildman–Crippen LogP) is 3.87. The molecular weight excluding hydrogens is 406 g/mol. The molecule has 0 unspecified atom stereocenters. The van der Waals surface area contributed by atoms with Gasteiger partial charge in [0.1, 0.15) is 11.6 Å². The Kier molecular flexibility index (Phi) is 5.33. The van der Waals surface area contributed by atoms with E-state index in [0.29, 0.717) is 38.1 Å². The lowest BCUT2D eigenvalue weighted by molar-refractivity contribution is -0.137. The van der Waals surface area contributed by atoms with Crippen LogP contribution in [-0.4, -0.2) is 47.4 Å². The number of hydrogen-bond acceptors (Lipinski definition) is 5. The minimum Gasteiger partial charge on any atom is -0.447 e. The van der Waals surface area contributed by atoms with E-state index < -0.39 is 0 Å². The number of piperidine rings is 1. The number of carbonyl (C=O) groups is 2. The monoisotopic (exact) mass is 433 g/mol. The summed E-state index contributed by atoms with van der Waals surface area (Å²) in [7, 11) is 0. The summed E-state index contributed by atoms with van der Waals surface area (Å²) >= 11 is 0. The summed E-state index contributed by atoms with van der Waals surface area (Å²) in [5.41, 5.74) is 4.68. The number of carbonyl (C=O) groups excluding carboxylic acids is 2. The van der Waals surface area contributed by atoms with E-state index in [1.54, 1.807) is 4.90 Å². The Bertz CT molecular complexity index is 1130. The van der Waals surface area contributed by atoms with Gasteiger partial charge in [0, 0.05) is 44.6 Å². The van der Waals surface area contributed by atoms with E-state index in [1.807, 2.05) is 54.3 Å². The van der Waals surface area contributed by atoms with E-state index in [0.717, 1.165) is 16.8 Å². The first-order valence-electron chi connectivity index (χ1n) is 11.2. The second-order valence-corrected chi connectivity index (χ2v) is 8.76. The van der Waals surface area contributed by atoms with Crippen LogP contribution in [0.15, 0.2) is 46.9 Å². The average molecular weight is 434 g/mol. The molecule has 2 aliphatic rings. The predicted molar refractivity (Wildman–Crippen MR) is 121 cm³/mol. The molecule has 1 atom stereocenters. The quantitative estimate of drug-likeness (QED) is 0.624. The molecule has 3 aromatic rings. The van der Waals surface area contributed by atoms with Crippen molar-refractivity contribution in [2.45, 2.75) is 39.2 Å². The van der Waals surface area contributed by atoms with Crippen LogP contribution < -0.4 is 9.64 Å². The van der Waals surface area contributed by atoms with Crippen molar-refractivity contribution in [3.05, 3.63) is 53.6 Å². The minimum atomic E-state index is -0.293. The first kappa shape index (κ1) is 20.5. The molecule has 32 heavy (non-hydrogen) atoms. The molecule has 7 nitrogen and oxygen atoms in total. The molecule has 5 rings (SSSR count). The first-order valence-corrected chi connectivity index (χ1v) is 11.2. The average Bonchev–Trinajstić information content (AvgIpc) is 3.38. The number of aromatic nitrogens is 1. The Morgan fingerprint density at radius 1 is 1.09 bits per heavy atom. The Morgan fingerprint density at radius 2 is 1.88 bits per heavy atom. The van der Waals surface area contributed by atoms with Gasteiger partial charge < -0.3 is 19.0 Å². The number of hydrogen-bond donors (Lipinski definition) is 0. The molecule has 0 bridgehead atoms. The molecule has 7 heteroatoms. The number of para-hydroxylation sites is 2. The van der Waals surface area contributed by atoms with Crippen molar-refractivity contribution in [2.24, 2.45) is 5.92 Å². The van der Waals surface area contributed by atoms with E-state index in [9.17, 15) is 9.59 Å². The summed E-state index contributed by atoms with van der Waals surface area (Å²) < 4.78 is 11.6. The van der Waals surface area contributed by atoms with Gasteiger partial charge in [-0.1, -0.05) is 18.2 Å². The summed E-state index contributed by atoms with van der Waals surface area (Å²) in [6, 6.07) is 13.6. The molecule has 2 saturated heterocycles. The number of amides is 2. The van der Waals surface area contributed by atoms with Gasteiger partial charge in [-0.2, -0.15) is 4.98 Å². The van der Waals surface area contributed by atoms with Gasteiger partial charge >= 0.3 is 6.08 Å². The van der Waals surface area contributed by atoms with Crippen LogP contribution in [0.3, 0.4) is 0 Å². The molecule has 0 N–H and O–H groups in total. The highest BCUT2D eigenvalue weighted by Gasteiger charge is 2.38. The van der Waals surface area contributed by atoms with Crippen LogP contribution in [0.25, 0.3) is 11.1 Å². The lowest BCUT2D eigenvalue weighted by Crippen LogP contribution is -2.44. The zero-order valence-electron chi connectivity index (χ0n) is 18.4. The lowest BCUT2D eigenvalue weighted by Gasteiger charge is -2.32. The van der Waals surface area contributed by atoms with Crippen LogP contribution in [0.5, 0.6) is 6.08 Å². The molecule has 0 radical (unpaired) electrons. The number of anilines is 1. The van der Waals surface area contributed by atoms with Crippen LogP contribution in [0.1, 0.15) is 30.4 Å². The van der Waals surface area contributed by atoms with Crippen molar-refractivity contribution in [3.8, 4) is 6.08 Å². The van der Waals surface area contributed by atoms with Crippen molar-refractivity contribution in [3.63, 3.8) is 0 Å². The molecule has 2 aromatic carbocycles. The van der Waals surface area contributed by atoms with Gasteiger partial charge in [0.05, 0.1) is 5.92 Å². The number of nitrogens with zero attached hydrogens (tertiary/aromatic N) is 3. The fourth-order valence-corrected chi connectivity index (χ4v) is 4.51. The summed E-state index contributed by atoms with van der Waals surface area (Å²) in [5, 5.41) is 0. The normalized spacial score (nSPS) is 19.7. The minimum absolute atomic E-state index is 0.0146. The highest BCUT2D eigenvalue weighted by molar-refractivity contribution is 6.00. The number of oxazole rings is 1. The number of benzene rings is 2. The Morgan fingerprint density at radius 3 is 2.62 bits per heavy atom. The first-order chi connectivity index (χ1) is 15.5. The molecule has 1 aromatic heterocycles. The van der Waals surface area contributed by atoms with Crippen molar-refractivity contribution < 1.29 is 18.7 Å². The second-order valence-electron chi connectivity index (χ2n) is 8.76. The Balaban J connectivity index is 1.17. The van der Waals surface area contributed by atoms with Gasteiger partial charge in [-0.15, -0.1) is 0 Å². The maximum Gasteiger partial charge on any atom is 0.394 e. The highest BCUT2D eigenvalue weighted by Crippen LogP contribution is 2.29. The van der Waals surface area contributed by atoms with Gasteiger partial charge in [-0.25, -0.2) is 0 Å². The van der Waals surface area contributed by atoms with Gasteiger partial charge in [-0.3, -0.25) is 9.59 Å². The molecule has 3 heterocycles. The Labute approximate surface area is 187 Å². The van der Waals surface area contributed by atoms with Crippen LogP contribution >= 0.6 is 0 Å². The van der Waals surface area contributed by atoms with E-state index in [1.165, 1.54) is 5.56 Å². The zero-order chi connectivity index (χ0) is 22.2. The van der Waals surface area contributed by atoms with Crippen molar-refractivity contribution in [1.29, 1.82) is 0 Å². The van der Waals surface area contributed by atoms with Crippen LogP contribution in [0, 0.1) is 19.8 Å². The summed E-state index contributed by atoms with van der Waals surface area (Å²) in [5.74, 6) is -0.218. The third-order valence-corrected chi connectivity index (χ3v) is 6.57. The molecule has 0 aliphatic carbocycles. The third kappa shape index (κ3) is 3.95. The fourth-order valence-electron chi connectivity index (χ4n) is 4.51. The third-order valence-electron chi connectivity index (χ3n) is 6.57. The lowest BCUT2D eigenvalue weighted by atomic mass is 10.0. The molecule has 0 spiro atoms. The SMILES string of the molecule is Cc1ccc(N2C[C@H](C(=O)N3CCC(Oc4nc5ccccc5o4)CC3)CC2=O)cc1C. The van der Waals surface area contributed by atoms with Gasteiger partial charge in [0.15, 0.2) is 5.58 Å². The van der Waals surface area contributed by atoms with Crippen LogP contribution in [-0.2, 0) is 9.59 Å². The van der Waals surface area contributed by atoms with Crippen LogP contribution in [0.2, 0.25) is 0 Å². The topological polar surface area (TPSA) is 75.9 Å². The van der Waals surface area contributed by atoms with Crippen LogP contribution in [0.4, 0.5) is 5.69 Å². The summed E-state index contributed by atoms with van der Waals surface area (Å²) in [6.45, 7) is 5.75. The maximum atomic E-state index is 13.1. The van der Waals surface area contributed by atoms with E-state index in [4.69, 9.17) is 9.15 Å². The molecule has 2 fully saturated rings. The van der Waals surface area contributed by atoms with Gasteiger partial charge in [-0.05, 0) is 49.2 Å². The van der Waals surface area contributed by atoms with Crippen molar-refractivity contribution >= 4 is 28.6 Å². The number of ether oxygens (including phenoxy) is 1. The number of likely N-dealkylation sites (tertiary alicyclic amines) is 1. The molecule has 2 amide bonds. The highest BCUT2D eigenvalue weighted by atomic mass is 16.6.